The smallest absolute Gasteiger partial charge is 0.254 e. The van der Waals surface area contributed by atoms with Crippen LogP contribution in [0.3, 0.4) is 0 Å². The number of rotatable bonds is 3. The summed E-state index contributed by atoms with van der Waals surface area (Å²) in [6, 6.07) is 4.08. The topological polar surface area (TPSA) is 55.0 Å². The lowest BCUT2D eigenvalue weighted by molar-refractivity contribution is 0.415. The van der Waals surface area contributed by atoms with Gasteiger partial charge in [0.05, 0.1) is 12.8 Å². The van der Waals surface area contributed by atoms with Crippen LogP contribution in [-0.2, 0) is 0 Å². The zero-order valence-corrected chi connectivity index (χ0v) is 12.9. The lowest BCUT2D eigenvalue weighted by Crippen LogP contribution is -2.16. The van der Waals surface area contributed by atoms with Gasteiger partial charge in [0.25, 0.3) is 5.56 Å². The van der Waals surface area contributed by atoms with Gasteiger partial charge in [-0.25, -0.2) is 4.98 Å². The Morgan fingerprint density at radius 1 is 1.24 bits per heavy atom. The van der Waals surface area contributed by atoms with E-state index in [2.05, 4.69) is 11.1 Å². The van der Waals surface area contributed by atoms with E-state index < -0.39 is 0 Å². The average Bonchev–Trinajstić information content (AvgIpc) is 3.26. The van der Waals surface area contributed by atoms with E-state index in [1.807, 2.05) is 26.8 Å². The summed E-state index contributed by atoms with van der Waals surface area (Å²) in [5.74, 6) is 1.99. The summed E-state index contributed by atoms with van der Waals surface area (Å²) in [7, 11) is 1.65. The standard InChI is InChI=1S/C17H20N2O2/c1-9-7-10(2)14(13(8-9)21-4)15-11(3)17(20)19-16(18-15)12-5-6-12/h7-8,12H,5-6H2,1-4H3,(H,18,19,20). The van der Waals surface area contributed by atoms with Gasteiger partial charge < -0.3 is 9.72 Å². The molecule has 110 valence electrons. The van der Waals surface area contributed by atoms with Gasteiger partial charge in [-0.15, -0.1) is 0 Å². The largest absolute Gasteiger partial charge is 0.496 e. The van der Waals surface area contributed by atoms with Gasteiger partial charge in [-0.3, -0.25) is 4.79 Å². The zero-order valence-electron chi connectivity index (χ0n) is 12.9. The van der Waals surface area contributed by atoms with E-state index in [0.29, 0.717) is 11.5 Å². The number of aromatic nitrogens is 2. The first kappa shape index (κ1) is 13.9. The summed E-state index contributed by atoms with van der Waals surface area (Å²) in [6.45, 7) is 5.88. The Morgan fingerprint density at radius 2 is 1.95 bits per heavy atom. The molecule has 1 N–H and O–H groups in total. The van der Waals surface area contributed by atoms with Gasteiger partial charge in [-0.05, 0) is 50.8 Å². The summed E-state index contributed by atoms with van der Waals surface area (Å²) < 4.78 is 5.52. The van der Waals surface area contributed by atoms with Gasteiger partial charge in [0, 0.05) is 17.0 Å². The second-order valence-electron chi connectivity index (χ2n) is 5.86. The lowest BCUT2D eigenvalue weighted by Gasteiger charge is -2.15. The molecule has 21 heavy (non-hydrogen) atoms. The third kappa shape index (κ3) is 2.46. The molecule has 1 aromatic heterocycles. The third-order valence-corrected chi connectivity index (χ3v) is 4.03. The molecule has 1 heterocycles. The molecule has 0 radical (unpaired) electrons. The SMILES string of the molecule is COc1cc(C)cc(C)c1-c1nc(C2CC2)[nH]c(=O)c1C. The second-order valence-corrected chi connectivity index (χ2v) is 5.86. The average molecular weight is 284 g/mol. The van der Waals surface area contributed by atoms with Gasteiger partial charge in [0.2, 0.25) is 0 Å². The molecule has 1 aliphatic carbocycles. The second kappa shape index (κ2) is 5.02. The fraction of sp³-hybridized carbons (Fsp3) is 0.412. The quantitative estimate of drug-likeness (QED) is 0.941. The maximum Gasteiger partial charge on any atom is 0.254 e. The summed E-state index contributed by atoms with van der Waals surface area (Å²) in [5.41, 5.74) is 4.48. The Balaban J connectivity index is 2.27. The van der Waals surface area contributed by atoms with Gasteiger partial charge in [-0.1, -0.05) is 6.07 Å². The molecule has 0 spiro atoms. The van der Waals surface area contributed by atoms with Crippen LogP contribution in [0.4, 0.5) is 0 Å². The summed E-state index contributed by atoms with van der Waals surface area (Å²) in [4.78, 5) is 19.8. The molecule has 1 aliphatic rings. The number of H-pyrrole nitrogens is 1. The molecule has 1 fully saturated rings. The van der Waals surface area contributed by atoms with Crippen LogP contribution in [0.2, 0.25) is 0 Å². The number of methoxy groups -OCH3 is 1. The lowest BCUT2D eigenvalue weighted by atomic mass is 9.99. The molecule has 1 aromatic carbocycles. The predicted octanol–water partition coefficient (Wildman–Crippen LogP) is 3.25. The number of hydrogen-bond acceptors (Lipinski definition) is 3. The molecule has 0 saturated heterocycles. The fourth-order valence-electron chi connectivity index (χ4n) is 2.74. The van der Waals surface area contributed by atoms with Crippen molar-refractivity contribution in [2.45, 2.75) is 39.5 Å². The number of aromatic amines is 1. The van der Waals surface area contributed by atoms with Crippen LogP contribution in [0.15, 0.2) is 16.9 Å². The minimum Gasteiger partial charge on any atom is -0.496 e. The van der Waals surface area contributed by atoms with E-state index >= 15 is 0 Å². The van der Waals surface area contributed by atoms with Crippen LogP contribution in [0, 0.1) is 20.8 Å². The third-order valence-electron chi connectivity index (χ3n) is 4.03. The first-order chi connectivity index (χ1) is 10.0. The van der Waals surface area contributed by atoms with Gasteiger partial charge in [0.15, 0.2) is 0 Å². The van der Waals surface area contributed by atoms with E-state index in [0.717, 1.165) is 46.8 Å². The van der Waals surface area contributed by atoms with Gasteiger partial charge >= 0.3 is 0 Å². The Bertz CT molecular complexity index is 758. The summed E-state index contributed by atoms with van der Waals surface area (Å²) in [6.07, 6.45) is 2.21. The number of ether oxygens (including phenoxy) is 1. The van der Waals surface area contributed by atoms with Crippen molar-refractivity contribution in [3.8, 4) is 17.0 Å². The van der Waals surface area contributed by atoms with Crippen LogP contribution < -0.4 is 10.3 Å². The van der Waals surface area contributed by atoms with Crippen LogP contribution >= 0.6 is 0 Å². The van der Waals surface area contributed by atoms with Crippen LogP contribution in [0.25, 0.3) is 11.3 Å². The molecule has 0 atom stereocenters. The van der Waals surface area contributed by atoms with Gasteiger partial charge in [-0.2, -0.15) is 0 Å². The predicted molar refractivity (Wildman–Crippen MR) is 83.0 cm³/mol. The van der Waals surface area contributed by atoms with Crippen molar-refractivity contribution < 1.29 is 4.74 Å². The minimum atomic E-state index is -0.0519. The number of benzene rings is 1. The van der Waals surface area contributed by atoms with Gasteiger partial charge in [0.1, 0.15) is 11.6 Å². The Morgan fingerprint density at radius 3 is 2.57 bits per heavy atom. The van der Waals surface area contributed by atoms with Crippen molar-refractivity contribution in [3.05, 3.63) is 45.0 Å². The number of aryl methyl sites for hydroxylation is 2. The Labute approximate surface area is 124 Å². The fourth-order valence-corrected chi connectivity index (χ4v) is 2.74. The highest BCUT2D eigenvalue weighted by Crippen LogP contribution is 2.40. The van der Waals surface area contributed by atoms with Crippen molar-refractivity contribution in [3.63, 3.8) is 0 Å². The first-order valence-electron chi connectivity index (χ1n) is 7.27. The van der Waals surface area contributed by atoms with Crippen molar-refractivity contribution in [2.24, 2.45) is 0 Å². The Kier molecular flexibility index (Phi) is 3.32. The van der Waals surface area contributed by atoms with Crippen molar-refractivity contribution in [1.29, 1.82) is 0 Å². The number of nitrogens with one attached hydrogen (secondary N) is 1. The highest BCUT2D eigenvalue weighted by molar-refractivity contribution is 5.73. The first-order valence-corrected chi connectivity index (χ1v) is 7.27. The van der Waals surface area contributed by atoms with Crippen molar-refractivity contribution in [2.75, 3.05) is 7.11 Å². The van der Waals surface area contributed by atoms with E-state index in [1.54, 1.807) is 7.11 Å². The van der Waals surface area contributed by atoms with Crippen LogP contribution in [0.5, 0.6) is 5.75 Å². The van der Waals surface area contributed by atoms with E-state index in [1.165, 1.54) is 0 Å². The van der Waals surface area contributed by atoms with Crippen molar-refractivity contribution >= 4 is 0 Å². The monoisotopic (exact) mass is 284 g/mol. The normalized spacial score (nSPS) is 14.3. The molecular weight excluding hydrogens is 264 g/mol. The molecule has 3 rings (SSSR count). The number of nitrogens with zero attached hydrogens (tertiary/aromatic N) is 1. The van der Waals surface area contributed by atoms with E-state index in [9.17, 15) is 4.79 Å². The minimum absolute atomic E-state index is 0.0519. The molecule has 4 heteroatoms. The van der Waals surface area contributed by atoms with Crippen LogP contribution in [-0.4, -0.2) is 17.1 Å². The maximum atomic E-state index is 12.2. The molecule has 0 aliphatic heterocycles. The highest BCUT2D eigenvalue weighted by Gasteiger charge is 2.28. The highest BCUT2D eigenvalue weighted by atomic mass is 16.5. The van der Waals surface area contributed by atoms with Crippen LogP contribution in [0.1, 0.15) is 41.3 Å². The molecule has 1 saturated carbocycles. The molecule has 0 bridgehead atoms. The summed E-state index contributed by atoms with van der Waals surface area (Å²) in [5, 5.41) is 0. The molecule has 2 aromatic rings. The number of hydrogen-bond donors (Lipinski definition) is 1. The molecule has 0 amide bonds. The van der Waals surface area contributed by atoms with Crippen molar-refractivity contribution in [1.82, 2.24) is 9.97 Å². The molecular formula is C17H20N2O2. The Hall–Kier alpha value is -2.10. The van der Waals surface area contributed by atoms with E-state index in [-0.39, 0.29) is 5.56 Å². The maximum absolute atomic E-state index is 12.2. The molecule has 4 nitrogen and oxygen atoms in total. The zero-order chi connectivity index (χ0) is 15.1. The summed E-state index contributed by atoms with van der Waals surface area (Å²) >= 11 is 0. The van der Waals surface area contributed by atoms with E-state index in [4.69, 9.17) is 9.72 Å². The molecule has 0 unspecified atom stereocenters.